The molecule has 2 fully saturated rings. The van der Waals surface area contributed by atoms with E-state index in [0.29, 0.717) is 25.2 Å². The molecule has 0 spiro atoms. The second-order valence-electron chi connectivity index (χ2n) is 8.60. The summed E-state index contributed by atoms with van der Waals surface area (Å²) in [5, 5.41) is 12.7. The first-order chi connectivity index (χ1) is 15.0. The fraction of sp³-hybridized carbons (Fsp3) is 0.625. The summed E-state index contributed by atoms with van der Waals surface area (Å²) in [4.78, 5) is 39.1. The van der Waals surface area contributed by atoms with Gasteiger partial charge in [-0.15, -0.1) is 12.4 Å². The van der Waals surface area contributed by atoms with Crippen LogP contribution in [-0.2, 0) is 25.5 Å². The molecule has 7 nitrogen and oxygen atoms in total. The number of aryl methyl sites for hydroxylation is 1. The van der Waals surface area contributed by atoms with E-state index in [1.54, 1.807) is 11.8 Å². The van der Waals surface area contributed by atoms with E-state index in [9.17, 15) is 19.5 Å². The van der Waals surface area contributed by atoms with E-state index in [0.717, 1.165) is 37.7 Å². The average molecular weight is 467 g/mol. The minimum absolute atomic E-state index is 0. The van der Waals surface area contributed by atoms with Crippen LogP contribution in [0.3, 0.4) is 0 Å². The second-order valence-corrected chi connectivity index (χ2v) is 8.60. The summed E-state index contributed by atoms with van der Waals surface area (Å²) in [5.41, 5.74) is 1.12. The Morgan fingerprint density at radius 1 is 1.16 bits per heavy atom. The monoisotopic (exact) mass is 466 g/mol. The van der Waals surface area contributed by atoms with Crippen molar-refractivity contribution in [3.8, 4) is 0 Å². The number of ether oxygens (including phenoxy) is 1. The highest BCUT2D eigenvalue weighted by Gasteiger charge is 2.41. The van der Waals surface area contributed by atoms with Gasteiger partial charge in [0.15, 0.2) is 0 Å². The second kappa shape index (κ2) is 12.8. The molecule has 178 valence electrons. The molecule has 1 aromatic carbocycles. The number of carboxylic acids is 1. The van der Waals surface area contributed by atoms with Crippen LogP contribution >= 0.6 is 12.4 Å². The highest BCUT2D eigenvalue weighted by atomic mass is 35.5. The van der Waals surface area contributed by atoms with Crippen LogP contribution in [-0.4, -0.2) is 59.1 Å². The predicted molar refractivity (Wildman–Crippen MR) is 124 cm³/mol. The van der Waals surface area contributed by atoms with Crippen molar-refractivity contribution in [2.75, 3.05) is 13.2 Å². The maximum Gasteiger partial charge on any atom is 0.323 e. The normalized spacial score (nSPS) is 24.0. The lowest BCUT2D eigenvalue weighted by atomic mass is 9.81. The molecule has 4 atom stereocenters. The third kappa shape index (κ3) is 6.94. The average Bonchev–Trinajstić information content (AvgIpc) is 2.89. The zero-order chi connectivity index (χ0) is 22.2. The molecule has 1 heterocycles. The van der Waals surface area contributed by atoms with E-state index >= 15 is 0 Å². The lowest BCUT2D eigenvalue weighted by molar-refractivity contribution is -0.149. The number of fused-ring (bicyclic) bond motifs is 1. The third-order valence-electron chi connectivity index (χ3n) is 6.52. The Balaban J connectivity index is 0.00000363. The van der Waals surface area contributed by atoms with Gasteiger partial charge in [0.05, 0.1) is 12.6 Å². The van der Waals surface area contributed by atoms with Gasteiger partial charge in [-0.05, 0) is 56.9 Å². The number of likely N-dealkylation sites (tertiary alicyclic amines) is 1. The van der Waals surface area contributed by atoms with Crippen molar-refractivity contribution in [3.05, 3.63) is 35.9 Å². The maximum atomic E-state index is 13.4. The van der Waals surface area contributed by atoms with Gasteiger partial charge >= 0.3 is 11.9 Å². The lowest BCUT2D eigenvalue weighted by Gasteiger charge is -2.38. The van der Waals surface area contributed by atoms with E-state index in [1.807, 2.05) is 30.3 Å². The van der Waals surface area contributed by atoms with E-state index in [-0.39, 0.29) is 43.5 Å². The van der Waals surface area contributed by atoms with Gasteiger partial charge in [0.2, 0.25) is 5.91 Å². The first-order valence-corrected chi connectivity index (χ1v) is 11.5. The van der Waals surface area contributed by atoms with Crippen molar-refractivity contribution in [1.82, 2.24) is 10.2 Å². The number of nitrogens with zero attached hydrogens (tertiary/aromatic N) is 1. The number of amides is 1. The zero-order valence-corrected chi connectivity index (χ0v) is 19.5. The molecule has 2 N–H and O–H groups in total. The Kier molecular flexibility index (Phi) is 10.5. The first-order valence-electron chi connectivity index (χ1n) is 11.5. The number of aliphatic carboxylic acids is 1. The number of carboxylic acid groups (broad SMARTS) is 1. The van der Waals surface area contributed by atoms with Gasteiger partial charge in [-0.1, -0.05) is 43.2 Å². The van der Waals surface area contributed by atoms with E-state index in [1.165, 1.54) is 0 Å². The van der Waals surface area contributed by atoms with Crippen LogP contribution in [0.4, 0.5) is 0 Å². The van der Waals surface area contributed by atoms with Crippen molar-refractivity contribution < 1.29 is 24.2 Å². The minimum Gasteiger partial charge on any atom is -0.480 e. The summed E-state index contributed by atoms with van der Waals surface area (Å²) in [6.45, 7) is 1.75. The number of esters is 1. The van der Waals surface area contributed by atoms with Crippen molar-refractivity contribution in [2.45, 2.75) is 76.4 Å². The van der Waals surface area contributed by atoms with Crippen molar-refractivity contribution in [1.29, 1.82) is 0 Å². The predicted octanol–water partition coefficient (Wildman–Crippen LogP) is 3.20. The summed E-state index contributed by atoms with van der Waals surface area (Å²) >= 11 is 0. The van der Waals surface area contributed by atoms with Crippen LogP contribution in [0.1, 0.15) is 57.4 Å². The molecule has 8 heteroatoms. The number of rotatable bonds is 9. The fourth-order valence-corrected chi connectivity index (χ4v) is 5.01. The van der Waals surface area contributed by atoms with Crippen LogP contribution in [0.15, 0.2) is 30.3 Å². The molecule has 1 saturated carbocycles. The van der Waals surface area contributed by atoms with E-state index in [2.05, 4.69) is 5.32 Å². The van der Waals surface area contributed by atoms with Crippen LogP contribution in [0.25, 0.3) is 0 Å². The van der Waals surface area contributed by atoms with Crippen LogP contribution < -0.4 is 5.32 Å². The molecular formula is C24H35ClN2O5. The standard InChI is InChI=1S/C24H34N2O5.ClH/c1-2-31-24(30)20(14-12-17-8-4-3-5-9-17)25-19-15-13-18-10-6-7-11-21(18)26(23(19)29)16-22(27)28;/h3-5,8-9,18-21,25H,2,6-7,10-16H2,1H3,(H,27,28);1H/t18?,19-,20?,21?;/m0./s1. The Morgan fingerprint density at radius 2 is 1.88 bits per heavy atom. The number of carbonyl (C=O) groups is 3. The Hall–Kier alpha value is -2.12. The van der Waals surface area contributed by atoms with E-state index in [4.69, 9.17) is 4.74 Å². The molecule has 1 aliphatic heterocycles. The molecular weight excluding hydrogens is 432 g/mol. The van der Waals surface area contributed by atoms with Gasteiger partial charge in [-0.3, -0.25) is 19.7 Å². The van der Waals surface area contributed by atoms with Gasteiger partial charge in [0.25, 0.3) is 0 Å². The number of halogens is 1. The Bertz CT molecular complexity index is 760. The third-order valence-corrected chi connectivity index (χ3v) is 6.52. The minimum atomic E-state index is -0.996. The van der Waals surface area contributed by atoms with Crippen LogP contribution in [0.2, 0.25) is 0 Å². The highest BCUT2D eigenvalue weighted by Crippen LogP contribution is 2.35. The molecule has 32 heavy (non-hydrogen) atoms. The van der Waals surface area contributed by atoms with Gasteiger partial charge in [0.1, 0.15) is 12.6 Å². The van der Waals surface area contributed by atoms with E-state index < -0.39 is 18.1 Å². The summed E-state index contributed by atoms with van der Waals surface area (Å²) < 4.78 is 5.27. The van der Waals surface area contributed by atoms with Crippen LogP contribution in [0.5, 0.6) is 0 Å². The van der Waals surface area contributed by atoms with Gasteiger partial charge < -0.3 is 14.7 Å². The molecule has 3 unspecified atom stereocenters. The molecule has 3 rings (SSSR count). The summed E-state index contributed by atoms with van der Waals surface area (Å²) in [6.07, 6.45) is 6.68. The number of nitrogens with one attached hydrogen (secondary N) is 1. The zero-order valence-electron chi connectivity index (χ0n) is 18.7. The van der Waals surface area contributed by atoms with Gasteiger partial charge in [-0.2, -0.15) is 0 Å². The van der Waals surface area contributed by atoms with Crippen LogP contribution in [0, 0.1) is 5.92 Å². The SMILES string of the molecule is CCOC(=O)C(CCc1ccccc1)N[C@H]1CCC2CCCCC2N(CC(=O)O)C1=O.Cl. The largest absolute Gasteiger partial charge is 0.480 e. The topological polar surface area (TPSA) is 95.9 Å². The number of hydrogen-bond donors (Lipinski definition) is 2. The molecule has 1 aliphatic carbocycles. The van der Waals surface area contributed by atoms with Crippen molar-refractivity contribution in [2.24, 2.45) is 5.92 Å². The Morgan fingerprint density at radius 3 is 2.56 bits per heavy atom. The van der Waals surface area contributed by atoms with Crippen molar-refractivity contribution >= 4 is 30.3 Å². The molecule has 1 aromatic rings. The number of carbonyl (C=O) groups excluding carboxylic acids is 2. The lowest BCUT2D eigenvalue weighted by Crippen LogP contribution is -2.55. The Labute approximate surface area is 196 Å². The fourth-order valence-electron chi connectivity index (χ4n) is 5.01. The van der Waals surface area contributed by atoms with Gasteiger partial charge in [-0.25, -0.2) is 0 Å². The van der Waals surface area contributed by atoms with Crippen molar-refractivity contribution in [3.63, 3.8) is 0 Å². The quantitative estimate of drug-likeness (QED) is 0.542. The molecule has 0 aromatic heterocycles. The molecule has 1 amide bonds. The molecule has 0 bridgehead atoms. The highest BCUT2D eigenvalue weighted by molar-refractivity contribution is 5.87. The molecule has 2 aliphatic rings. The number of benzene rings is 1. The smallest absolute Gasteiger partial charge is 0.323 e. The number of hydrogen-bond acceptors (Lipinski definition) is 5. The summed E-state index contributed by atoms with van der Waals surface area (Å²) in [6, 6.07) is 8.69. The first kappa shape index (κ1) is 26.1. The summed E-state index contributed by atoms with van der Waals surface area (Å²) in [5.74, 6) is -1.23. The maximum absolute atomic E-state index is 13.4. The molecule has 1 saturated heterocycles. The molecule has 0 radical (unpaired) electrons. The van der Waals surface area contributed by atoms with Gasteiger partial charge in [0, 0.05) is 6.04 Å². The summed E-state index contributed by atoms with van der Waals surface area (Å²) in [7, 11) is 0.